The monoisotopic (exact) mass is 320 g/mol. The van der Waals surface area contributed by atoms with E-state index in [1.807, 2.05) is 13.8 Å². The number of carbonyl (C=O) groups is 2. The maximum absolute atomic E-state index is 12.1. The Kier molecular flexibility index (Phi) is 6.15. The number of carbonyl (C=O) groups excluding carboxylic acids is 1. The summed E-state index contributed by atoms with van der Waals surface area (Å²) in [5.41, 5.74) is 0. The van der Waals surface area contributed by atoms with Crippen LogP contribution in [0, 0.1) is 11.8 Å². The Bertz CT molecular complexity index is 489. The third-order valence-corrected chi connectivity index (χ3v) is 4.85. The molecule has 0 unspecified atom stereocenters. The molecule has 0 radical (unpaired) electrons. The van der Waals surface area contributed by atoms with Gasteiger partial charge in [-0.25, -0.2) is 8.42 Å². The van der Waals surface area contributed by atoms with E-state index in [0.717, 1.165) is 6.26 Å². The lowest BCUT2D eigenvalue weighted by molar-refractivity contribution is -0.142. The number of amides is 1. The number of nitrogens with one attached hydrogen (secondary N) is 1. The summed E-state index contributed by atoms with van der Waals surface area (Å²) >= 11 is 0. The van der Waals surface area contributed by atoms with E-state index in [0.29, 0.717) is 25.8 Å². The molecule has 0 saturated carbocycles. The predicted molar refractivity (Wildman–Crippen MR) is 78.2 cm³/mol. The average molecular weight is 320 g/mol. The fourth-order valence-electron chi connectivity index (χ4n) is 2.58. The van der Waals surface area contributed by atoms with Gasteiger partial charge >= 0.3 is 5.97 Å². The number of carboxylic acids is 1. The van der Waals surface area contributed by atoms with Gasteiger partial charge in [-0.05, 0) is 25.2 Å². The van der Waals surface area contributed by atoms with E-state index < -0.39 is 33.9 Å². The highest BCUT2D eigenvalue weighted by atomic mass is 32.2. The maximum atomic E-state index is 12.1. The first-order chi connectivity index (χ1) is 9.62. The lowest BCUT2D eigenvalue weighted by Crippen LogP contribution is -2.47. The van der Waals surface area contributed by atoms with Crippen molar-refractivity contribution >= 4 is 21.9 Å². The molecule has 1 fully saturated rings. The van der Waals surface area contributed by atoms with Crippen molar-refractivity contribution in [2.24, 2.45) is 11.8 Å². The van der Waals surface area contributed by atoms with Gasteiger partial charge in [0.1, 0.15) is 6.04 Å². The third-order valence-electron chi connectivity index (χ3n) is 3.56. The third kappa shape index (κ3) is 5.28. The minimum absolute atomic E-state index is 0.0282. The lowest BCUT2D eigenvalue weighted by Gasteiger charge is -2.22. The number of aliphatic carboxylic acids is 1. The van der Waals surface area contributed by atoms with Crippen LogP contribution in [0.25, 0.3) is 0 Å². The molecule has 1 heterocycles. The molecule has 0 spiro atoms. The molecule has 8 heteroatoms. The molecule has 0 aliphatic carbocycles. The molecule has 0 aromatic heterocycles. The summed E-state index contributed by atoms with van der Waals surface area (Å²) < 4.78 is 24.4. The minimum Gasteiger partial charge on any atom is -0.481 e. The predicted octanol–water partition coefficient (Wildman–Crippen LogP) is 0.274. The van der Waals surface area contributed by atoms with Gasteiger partial charge in [0, 0.05) is 13.1 Å². The summed E-state index contributed by atoms with van der Waals surface area (Å²) in [4.78, 5) is 23.2. The quantitative estimate of drug-likeness (QED) is 0.701. The van der Waals surface area contributed by atoms with Gasteiger partial charge in [-0.3, -0.25) is 9.59 Å². The Balaban J connectivity index is 2.62. The van der Waals surface area contributed by atoms with Gasteiger partial charge < -0.3 is 10.4 Å². The summed E-state index contributed by atoms with van der Waals surface area (Å²) in [6.45, 7) is 4.20. The highest BCUT2D eigenvalue weighted by molar-refractivity contribution is 7.88. The summed E-state index contributed by atoms with van der Waals surface area (Å²) in [5.74, 6) is -1.80. The molecule has 0 bridgehead atoms. The van der Waals surface area contributed by atoms with E-state index in [-0.39, 0.29) is 12.5 Å². The van der Waals surface area contributed by atoms with Gasteiger partial charge in [-0.1, -0.05) is 13.8 Å². The molecule has 1 aliphatic rings. The fraction of sp³-hybridized carbons (Fsp3) is 0.846. The number of sulfonamides is 1. The van der Waals surface area contributed by atoms with Gasteiger partial charge in [-0.15, -0.1) is 0 Å². The van der Waals surface area contributed by atoms with E-state index in [1.54, 1.807) is 0 Å². The summed E-state index contributed by atoms with van der Waals surface area (Å²) in [5, 5.41) is 11.7. The molecule has 1 saturated heterocycles. The van der Waals surface area contributed by atoms with Crippen LogP contribution < -0.4 is 5.32 Å². The molecule has 1 amide bonds. The van der Waals surface area contributed by atoms with Gasteiger partial charge in [0.15, 0.2) is 0 Å². The highest BCUT2D eigenvalue weighted by Crippen LogP contribution is 2.20. The number of rotatable bonds is 7. The van der Waals surface area contributed by atoms with E-state index in [2.05, 4.69) is 5.32 Å². The molecule has 0 aromatic carbocycles. The van der Waals surface area contributed by atoms with Crippen LogP contribution in [0.2, 0.25) is 0 Å². The summed E-state index contributed by atoms with van der Waals surface area (Å²) in [6, 6.07) is -0.714. The second-order valence-electron chi connectivity index (χ2n) is 5.94. The molecule has 1 rings (SSSR count). The molecular weight excluding hydrogens is 296 g/mol. The molecule has 7 nitrogen and oxygen atoms in total. The zero-order valence-electron chi connectivity index (χ0n) is 12.7. The summed E-state index contributed by atoms with van der Waals surface area (Å²) in [6.07, 6.45) is 2.66. The number of nitrogens with zero attached hydrogens (tertiary/aromatic N) is 1. The molecule has 1 aliphatic heterocycles. The Hall–Kier alpha value is -1.15. The zero-order chi connectivity index (χ0) is 16.2. The largest absolute Gasteiger partial charge is 0.481 e. The number of hydrogen-bond donors (Lipinski definition) is 2. The van der Waals surface area contributed by atoms with E-state index >= 15 is 0 Å². The van der Waals surface area contributed by atoms with E-state index in [4.69, 9.17) is 5.11 Å². The van der Waals surface area contributed by atoms with E-state index in [9.17, 15) is 18.0 Å². The van der Waals surface area contributed by atoms with Gasteiger partial charge in [0.25, 0.3) is 0 Å². The first-order valence-corrected chi connectivity index (χ1v) is 8.95. The van der Waals surface area contributed by atoms with Crippen LogP contribution >= 0.6 is 0 Å². The van der Waals surface area contributed by atoms with Crippen molar-refractivity contribution in [1.29, 1.82) is 0 Å². The average Bonchev–Trinajstić information content (AvgIpc) is 2.82. The molecule has 21 heavy (non-hydrogen) atoms. The van der Waals surface area contributed by atoms with Crippen LogP contribution in [0.5, 0.6) is 0 Å². The molecule has 122 valence electrons. The van der Waals surface area contributed by atoms with Crippen molar-refractivity contribution in [1.82, 2.24) is 9.62 Å². The van der Waals surface area contributed by atoms with Crippen LogP contribution in [0.1, 0.15) is 33.1 Å². The van der Waals surface area contributed by atoms with Gasteiger partial charge in [-0.2, -0.15) is 4.31 Å². The van der Waals surface area contributed by atoms with Crippen LogP contribution in [0.4, 0.5) is 0 Å². The molecule has 2 N–H and O–H groups in total. The first kappa shape index (κ1) is 17.9. The molecule has 2 atom stereocenters. The smallest absolute Gasteiger partial charge is 0.308 e. The Morgan fingerprint density at radius 2 is 2.00 bits per heavy atom. The first-order valence-electron chi connectivity index (χ1n) is 7.10. The molecule has 0 aromatic rings. The van der Waals surface area contributed by atoms with Crippen molar-refractivity contribution in [2.75, 3.05) is 19.3 Å². The topological polar surface area (TPSA) is 104 Å². The van der Waals surface area contributed by atoms with Crippen molar-refractivity contribution in [2.45, 2.75) is 39.2 Å². The standard InChI is InChI=1S/C13H24N2O5S/c1-9(2)7-10(13(17)18)8-14-12(16)11-5-4-6-15(11)21(3,19)20/h9-11H,4-8H2,1-3H3,(H,14,16)(H,17,18)/t10-,11-/m0/s1. The van der Waals surface area contributed by atoms with Crippen molar-refractivity contribution < 1.29 is 23.1 Å². The van der Waals surface area contributed by atoms with Crippen molar-refractivity contribution in [3.63, 3.8) is 0 Å². The SMILES string of the molecule is CC(C)C[C@@H](CNC(=O)[C@@H]1CCCN1S(C)(=O)=O)C(=O)O. The van der Waals surface area contributed by atoms with Crippen LogP contribution in [0.3, 0.4) is 0 Å². The zero-order valence-corrected chi connectivity index (χ0v) is 13.5. The normalized spacial score (nSPS) is 21.4. The molecular formula is C13H24N2O5S. The highest BCUT2D eigenvalue weighted by Gasteiger charge is 2.36. The second kappa shape index (κ2) is 7.22. The van der Waals surface area contributed by atoms with Gasteiger partial charge in [0.05, 0.1) is 12.2 Å². The fourth-order valence-corrected chi connectivity index (χ4v) is 3.71. The van der Waals surface area contributed by atoms with Crippen LogP contribution in [0.15, 0.2) is 0 Å². The van der Waals surface area contributed by atoms with Crippen LogP contribution in [-0.4, -0.2) is 55.1 Å². The Labute approximate surface area is 125 Å². The number of hydrogen-bond acceptors (Lipinski definition) is 4. The summed E-state index contributed by atoms with van der Waals surface area (Å²) in [7, 11) is -3.41. The van der Waals surface area contributed by atoms with Gasteiger partial charge in [0.2, 0.25) is 15.9 Å². The van der Waals surface area contributed by atoms with E-state index in [1.165, 1.54) is 4.31 Å². The van der Waals surface area contributed by atoms with Crippen LogP contribution in [-0.2, 0) is 19.6 Å². The Morgan fingerprint density at radius 1 is 1.38 bits per heavy atom. The maximum Gasteiger partial charge on any atom is 0.308 e. The lowest BCUT2D eigenvalue weighted by atomic mass is 9.97. The van der Waals surface area contributed by atoms with Crippen molar-refractivity contribution in [3.05, 3.63) is 0 Å². The van der Waals surface area contributed by atoms with Crippen molar-refractivity contribution in [3.8, 4) is 0 Å². The minimum atomic E-state index is -3.41. The number of carboxylic acid groups (broad SMARTS) is 1. The second-order valence-corrected chi connectivity index (χ2v) is 7.88. The Morgan fingerprint density at radius 3 is 2.48 bits per heavy atom.